The Labute approximate surface area is 122 Å². The second kappa shape index (κ2) is 6.25. The molecule has 0 atom stereocenters. The van der Waals surface area contributed by atoms with Gasteiger partial charge in [-0.15, -0.1) is 0 Å². The predicted molar refractivity (Wildman–Crippen MR) is 81.3 cm³/mol. The Bertz CT molecular complexity index is 422. The van der Waals surface area contributed by atoms with Crippen molar-refractivity contribution in [2.75, 3.05) is 6.54 Å². The Morgan fingerprint density at radius 1 is 1.05 bits per heavy atom. The van der Waals surface area contributed by atoms with Gasteiger partial charge < -0.3 is 9.64 Å². The molecule has 0 heterocycles. The van der Waals surface area contributed by atoms with Gasteiger partial charge in [-0.1, -0.05) is 13.2 Å². The maximum atomic E-state index is 12.2. The van der Waals surface area contributed by atoms with Gasteiger partial charge in [0.1, 0.15) is 5.60 Å². The lowest BCUT2D eigenvalue weighted by Gasteiger charge is -2.36. The van der Waals surface area contributed by atoms with Crippen molar-refractivity contribution < 1.29 is 14.3 Å². The third-order valence-electron chi connectivity index (χ3n) is 2.46. The van der Waals surface area contributed by atoms with Gasteiger partial charge in [0.2, 0.25) is 5.91 Å². The number of esters is 1. The number of hydrogen-bond donors (Lipinski definition) is 0. The fourth-order valence-electron chi connectivity index (χ4n) is 1.45. The average molecular weight is 281 g/mol. The van der Waals surface area contributed by atoms with Crippen LogP contribution >= 0.6 is 0 Å². The summed E-state index contributed by atoms with van der Waals surface area (Å²) in [6.07, 6.45) is 0. The molecule has 0 unspecified atom stereocenters. The highest BCUT2D eigenvalue weighted by atomic mass is 16.6. The van der Waals surface area contributed by atoms with Crippen LogP contribution in [0.5, 0.6) is 0 Å². The minimum atomic E-state index is -0.578. The zero-order valence-corrected chi connectivity index (χ0v) is 13.8. The van der Waals surface area contributed by atoms with Gasteiger partial charge in [0, 0.05) is 16.7 Å². The number of carbonyl (C=O) groups is 2. The van der Waals surface area contributed by atoms with Crippen LogP contribution < -0.4 is 0 Å². The summed E-state index contributed by atoms with van der Waals surface area (Å²) in [5.41, 5.74) is -0.326. The molecule has 0 aromatic heterocycles. The summed E-state index contributed by atoms with van der Waals surface area (Å²) in [4.78, 5) is 25.7. The highest BCUT2D eigenvalue weighted by Gasteiger charge is 2.29. The molecule has 0 spiro atoms. The van der Waals surface area contributed by atoms with E-state index in [0.717, 1.165) is 0 Å². The van der Waals surface area contributed by atoms with Crippen LogP contribution in [-0.4, -0.2) is 34.5 Å². The predicted octanol–water partition coefficient (Wildman–Crippen LogP) is 3.09. The number of rotatable bonds is 4. The number of ether oxygens (including phenoxy) is 1. The van der Waals surface area contributed by atoms with Crippen LogP contribution in [0.2, 0.25) is 0 Å². The van der Waals surface area contributed by atoms with Crippen molar-refractivity contribution in [1.82, 2.24) is 4.90 Å². The maximum absolute atomic E-state index is 12.2. The largest absolute Gasteiger partial charge is 0.457 e. The SMILES string of the molecule is C=C(C)C(=O)N(CC(=C)C(=O)OC(C)(C)C)C(C)(C)C. The Kier molecular flexibility index (Phi) is 5.75. The van der Waals surface area contributed by atoms with Gasteiger partial charge in [-0.3, -0.25) is 4.79 Å². The van der Waals surface area contributed by atoms with Crippen LogP contribution in [0.1, 0.15) is 48.5 Å². The monoisotopic (exact) mass is 281 g/mol. The van der Waals surface area contributed by atoms with E-state index in [1.165, 1.54) is 0 Å². The molecule has 0 bridgehead atoms. The topological polar surface area (TPSA) is 46.6 Å². The Morgan fingerprint density at radius 2 is 1.50 bits per heavy atom. The van der Waals surface area contributed by atoms with Gasteiger partial charge in [-0.05, 0) is 48.5 Å². The smallest absolute Gasteiger partial charge is 0.335 e. The van der Waals surface area contributed by atoms with Gasteiger partial charge in [0.05, 0.1) is 6.54 Å². The van der Waals surface area contributed by atoms with Crippen molar-refractivity contribution >= 4 is 11.9 Å². The fraction of sp³-hybridized carbons (Fsp3) is 0.625. The lowest BCUT2D eigenvalue weighted by molar-refractivity contribution is -0.150. The van der Waals surface area contributed by atoms with Gasteiger partial charge in [0.25, 0.3) is 0 Å². The van der Waals surface area contributed by atoms with Crippen molar-refractivity contribution in [2.24, 2.45) is 0 Å². The van der Waals surface area contributed by atoms with Crippen molar-refractivity contribution in [3.63, 3.8) is 0 Å². The zero-order chi connectivity index (χ0) is 16.3. The molecule has 0 saturated heterocycles. The molecule has 0 aromatic carbocycles. The quantitative estimate of drug-likeness (QED) is 0.587. The minimum absolute atomic E-state index is 0.129. The first-order valence-electron chi connectivity index (χ1n) is 6.64. The lowest BCUT2D eigenvalue weighted by Crippen LogP contribution is -2.47. The molecule has 0 aliphatic carbocycles. The lowest BCUT2D eigenvalue weighted by atomic mass is 10.0. The molecule has 4 nitrogen and oxygen atoms in total. The third kappa shape index (κ3) is 6.04. The number of nitrogens with zero attached hydrogens (tertiary/aromatic N) is 1. The first-order valence-corrected chi connectivity index (χ1v) is 6.64. The van der Waals surface area contributed by atoms with E-state index in [-0.39, 0.29) is 18.0 Å². The molecule has 114 valence electrons. The summed E-state index contributed by atoms with van der Waals surface area (Å²) < 4.78 is 5.25. The summed E-state index contributed by atoms with van der Waals surface area (Å²) in [7, 11) is 0. The van der Waals surface area contributed by atoms with Crippen LogP contribution in [0, 0.1) is 0 Å². The summed E-state index contributed by atoms with van der Waals surface area (Å²) in [5.74, 6) is -0.677. The molecule has 20 heavy (non-hydrogen) atoms. The van der Waals surface area contributed by atoms with E-state index in [4.69, 9.17) is 4.74 Å². The van der Waals surface area contributed by atoms with E-state index < -0.39 is 17.1 Å². The number of hydrogen-bond acceptors (Lipinski definition) is 3. The molecular weight excluding hydrogens is 254 g/mol. The molecule has 0 rings (SSSR count). The van der Waals surface area contributed by atoms with Crippen LogP contribution in [0.15, 0.2) is 24.3 Å². The highest BCUT2D eigenvalue weighted by Crippen LogP contribution is 2.19. The van der Waals surface area contributed by atoms with E-state index in [1.54, 1.807) is 32.6 Å². The van der Waals surface area contributed by atoms with E-state index in [1.807, 2.05) is 20.8 Å². The van der Waals surface area contributed by atoms with E-state index in [2.05, 4.69) is 13.2 Å². The van der Waals surface area contributed by atoms with Crippen molar-refractivity contribution in [2.45, 2.75) is 59.6 Å². The maximum Gasteiger partial charge on any atom is 0.335 e. The van der Waals surface area contributed by atoms with Crippen molar-refractivity contribution in [1.29, 1.82) is 0 Å². The Morgan fingerprint density at radius 3 is 1.80 bits per heavy atom. The van der Waals surface area contributed by atoms with E-state index in [9.17, 15) is 9.59 Å². The standard InChI is InChI=1S/C16H27NO3/c1-11(2)13(18)17(15(4,5)6)10-12(3)14(19)20-16(7,8)9/h1,3,10H2,2,4-9H3. The Hall–Kier alpha value is -1.58. The third-order valence-corrected chi connectivity index (χ3v) is 2.46. The first kappa shape index (κ1) is 18.4. The van der Waals surface area contributed by atoms with Crippen LogP contribution in [0.3, 0.4) is 0 Å². The van der Waals surface area contributed by atoms with Crippen LogP contribution in [-0.2, 0) is 14.3 Å². The van der Waals surface area contributed by atoms with Crippen LogP contribution in [0.25, 0.3) is 0 Å². The second-order valence-corrected chi connectivity index (χ2v) is 6.95. The van der Waals surface area contributed by atoms with Crippen molar-refractivity contribution in [3.8, 4) is 0 Å². The summed E-state index contributed by atoms with van der Waals surface area (Å²) >= 11 is 0. The van der Waals surface area contributed by atoms with E-state index >= 15 is 0 Å². The molecule has 0 radical (unpaired) electrons. The number of amides is 1. The average Bonchev–Trinajstić information content (AvgIpc) is 2.20. The highest BCUT2D eigenvalue weighted by molar-refractivity contribution is 5.95. The van der Waals surface area contributed by atoms with Gasteiger partial charge in [-0.25, -0.2) is 4.79 Å². The van der Waals surface area contributed by atoms with E-state index in [0.29, 0.717) is 5.57 Å². The molecule has 0 aliphatic rings. The summed E-state index contributed by atoms with van der Waals surface area (Å²) in [5, 5.41) is 0. The molecule has 4 heteroatoms. The fourth-order valence-corrected chi connectivity index (χ4v) is 1.45. The molecule has 0 saturated carbocycles. The van der Waals surface area contributed by atoms with Gasteiger partial charge in [-0.2, -0.15) is 0 Å². The zero-order valence-electron chi connectivity index (χ0n) is 13.8. The minimum Gasteiger partial charge on any atom is -0.457 e. The van der Waals surface area contributed by atoms with Gasteiger partial charge in [0.15, 0.2) is 0 Å². The normalized spacial score (nSPS) is 11.8. The molecule has 1 amide bonds. The summed E-state index contributed by atoms with van der Waals surface area (Å²) in [6.45, 7) is 20.2. The molecule has 0 N–H and O–H groups in total. The van der Waals surface area contributed by atoms with Crippen molar-refractivity contribution in [3.05, 3.63) is 24.3 Å². The van der Waals surface area contributed by atoms with Gasteiger partial charge >= 0.3 is 5.97 Å². The van der Waals surface area contributed by atoms with Crippen LogP contribution in [0.4, 0.5) is 0 Å². The second-order valence-electron chi connectivity index (χ2n) is 6.95. The molecule has 0 aromatic rings. The first-order chi connectivity index (χ1) is 8.75. The summed E-state index contributed by atoms with van der Waals surface area (Å²) in [6, 6.07) is 0. The number of carbonyl (C=O) groups excluding carboxylic acids is 2. The molecule has 0 fully saturated rings. The molecule has 0 aliphatic heterocycles. The Balaban J connectivity index is 5.02. The molecular formula is C16H27NO3.